The van der Waals surface area contributed by atoms with Crippen LogP contribution in [0.4, 0.5) is 0 Å². The van der Waals surface area contributed by atoms with Crippen LogP contribution in [0.25, 0.3) is 0 Å². The van der Waals surface area contributed by atoms with E-state index in [0.717, 1.165) is 31.0 Å². The van der Waals surface area contributed by atoms with Gasteiger partial charge in [-0.05, 0) is 23.8 Å². The van der Waals surface area contributed by atoms with Crippen molar-refractivity contribution in [1.82, 2.24) is 0 Å². The SMILES string of the molecule is C[C@H](C=O)C1=CO[C@H]2CCC(C)(C)[C@H](C=O)[C@@]12C. The van der Waals surface area contributed by atoms with Gasteiger partial charge in [0.05, 0.1) is 6.26 Å². The highest BCUT2D eigenvalue weighted by molar-refractivity contribution is 5.64. The molecule has 0 N–H and O–H groups in total. The predicted molar refractivity (Wildman–Crippen MR) is 68.9 cm³/mol. The lowest BCUT2D eigenvalue weighted by Crippen LogP contribution is -2.51. The van der Waals surface area contributed by atoms with Crippen molar-refractivity contribution in [2.45, 2.75) is 46.6 Å². The van der Waals surface area contributed by atoms with Crippen LogP contribution in [0.15, 0.2) is 11.8 Å². The fourth-order valence-electron chi connectivity index (χ4n) is 3.82. The molecule has 0 amide bonds. The summed E-state index contributed by atoms with van der Waals surface area (Å²) in [6.45, 7) is 8.22. The molecule has 0 bridgehead atoms. The van der Waals surface area contributed by atoms with Crippen molar-refractivity contribution >= 4 is 12.6 Å². The second-order valence-corrected chi connectivity index (χ2v) is 6.55. The normalized spacial score (nSPS) is 39.2. The summed E-state index contributed by atoms with van der Waals surface area (Å²) in [5, 5.41) is 0. The van der Waals surface area contributed by atoms with E-state index in [0.29, 0.717) is 0 Å². The highest BCUT2D eigenvalue weighted by Gasteiger charge is 2.57. The van der Waals surface area contributed by atoms with Crippen LogP contribution in [-0.4, -0.2) is 18.7 Å². The maximum Gasteiger partial charge on any atom is 0.126 e. The Morgan fingerprint density at radius 3 is 2.61 bits per heavy atom. The number of hydrogen-bond donors (Lipinski definition) is 0. The van der Waals surface area contributed by atoms with Gasteiger partial charge in [0.1, 0.15) is 18.7 Å². The Morgan fingerprint density at radius 1 is 1.39 bits per heavy atom. The maximum absolute atomic E-state index is 11.6. The Hall–Kier alpha value is -1.12. The van der Waals surface area contributed by atoms with Crippen LogP contribution in [0.3, 0.4) is 0 Å². The number of rotatable bonds is 3. The van der Waals surface area contributed by atoms with Gasteiger partial charge >= 0.3 is 0 Å². The van der Waals surface area contributed by atoms with Crippen LogP contribution in [0.1, 0.15) is 40.5 Å². The fraction of sp³-hybridized carbons (Fsp3) is 0.733. The van der Waals surface area contributed by atoms with Crippen LogP contribution < -0.4 is 0 Å². The zero-order valence-electron chi connectivity index (χ0n) is 11.6. The van der Waals surface area contributed by atoms with Gasteiger partial charge in [-0.25, -0.2) is 0 Å². The molecule has 2 aliphatic rings. The number of carbonyl (C=O) groups excluding carboxylic acids is 2. The summed E-state index contributed by atoms with van der Waals surface area (Å²) in [5.41, 5.74) is 0.610. The molecule has 1 heterocycles. The Morgan fingerprint density at radius 2 is 2.06 bits per heavy atom. The lowest BCUT2D eigenvalue weighted by molar-refractivity contribution is -0.129. The molecule has 3 nitrogen and oxygen atoms in total. The van der Waals surface area contributed by atoms with Gasteiger partial charge in [-0.2, -0.15) is 0 Å². The van der Waals surface area contributed by atoms with Gasteiger partial charge in [0, 0.05) is 17.3 Å². The summed E-state index contributed by atoms with van der Waals surface area (Å²) in [6, 6.07) is 0. The Bertz CT molecular complexity index is 397. The number of ether oxygens (including phenoxy) is 1. The molecular weight excluding hydrogens is 228 g/mol. The van der Waals surface area contributed by atoms with Crippen LogP contribution in [-0.2, 0) is 14.3 Å². The molecule has 0 saturated heterocycles. The first kappa shape index (κ1) is 13.3. The number of fused-ring (bicyclic) bond motifs is 1. The molecule has 4 atom stereocenters. The van der Waals surface area contributed by atoms with Crippen molar-refractivity contribution in [2.75, 3.05) is 0 Å². The van der Waals surface area contributed by atoms with Gasteiger partial charge in [-0.15, -0.1) is 0 Å². The Kier molecular flexibility index (Phi) is 3.12. The third-order valence-corrected chi connectivity index (χ3v) is 5.02. The topological polar surface area (TPSA) is 43.4 Å². The smallest absolute Gasteiger partial charge is 0.126 e. The second kappa shape index (κ2) is 4.22. The molecule has 1 saturated carbocycles. The number of carbonyl (C=O) groups is 2. The highest BCUT2D eigenvalue weighted by atomic mass is 16.5. The molecule has 1 aliphatic carbocycles. The molecule has 0 aromatic heterocycles. The first-order chi connectivity index (χ1) is 8.37. The fourth-order valence-corrected chi connectivity index (χ4v) is 3.82. The molecule has 3 heteroatoms. The van der Waals surface area contributed by atoms with Crippen LogP contribution >= 0.6 is 0 Å². The molecule has 0 spiro atoms. The van der Waals surface area contributed by atoms with Gasteiger partial charge < -0.3 is 14.3 Å². The molecule has 0 aromatic rings. The summed E-state index contributed by atoms with van der Waals surface area (Å²) in [5.74, 6) is -0.281. The van der Waals surface area contributed by atoms with Gasteiger partial charge in [0.15, 0.2) is 0 Å². The van der Waals surface area contributed by atoms with Crippen molar-refractivity contribution in [3.05, 3.63) is 11.8 Å². The quantitative estimate of drug-likeness (QED) is 0.723. The van der Waals surface area contributed by atoms with Crippen LogP contribution in [0.2, 0.25) is 0 Å². The van der Waals surface area contributed by atoms with Gasteiger partial charge in [-0.1, -0.05) is 27.7 Å². The van der Waals surface area contributed by atoms with E-state index in [4.69, 9.17) is 4.74 Å². The number of aldehydes is 2. The van der Waals surface area contributed by atoms with Gasteiger partial charge in [-0.3, -0.25) is 0 Å². The maximum atomic E-state index is 11.6. The van der Waals surface area contributed by atoms with E-state index in [1.54, 1.807) is 6.26 Å². The predicted octanol–water partition coefficient (Wildman–Crippen LogP) is 2.75. The van der Waals surface area contributed by atoms with Gasteiger partial charge in [0.2, 0.25) is 0 Å². The van der Waals surface area contributed by atoms with E-state index in [9.17, 15) is 9.59 Å². The summed E-state index contributed by atoms with van der Waals surface area (Å²) >= 11 is 0. The second-order valence-electron chi connectivity index (χ2n) is 6.55. The average Bonchev–Trinajstić information content (AvgIpc) is 2.64. The van der Waals surface area contributed by atoms with E-state index in [1.165, 1.54) is 0 Å². The van der Waals surface area contributed by atoms with E-state index in [1.807, 2.05) is 6.92 Å². The Balaban J connectivity index is 2.45. The van der Waals surface area contributed by atoms with E-state index >= 15 is 0 Å². The minimum absolute atomic E-state index is 0.0393. The highest BCUT2D eigenvalue weighted by Crippen LogP contribution is 2.58. The van der Waals surface area contributed by atoms with Crippen LogP contribution in [0.5, 0.6) is 0 Å². The minimum Gasteiger partial charge on any atom is -0.497 e. The first-order valence-corrected chi connectivity index (χ1v) is 6.64. The monoisotopic (exact) mass is 250 g/mol. The largest absolute Gasteiger partial charge is 0.497 e. The molecule has 18 heavy (non-hydrogen) atoms. The summed E-state index contributed by atoms with van der Waals surface area (Å²) < 4.78 is 5.74. The molecule has 2 rings (SSSR count). The molecule has 0 radical (unpaired) electrons. The average molecular weight is 250 g/mol. The van der Waals surface area contributed by atoms with E-state index < -0.39 is 0 Å². The zero-order chi connectivity index (χ0) is 13.6. The minimum atomic E-state index is -0.330. The lowest BCUT2D eigenvalue weighted by Gasteiger charge is -2.50. The van der Waals surface area contributed by atoms with Crippen molar-refractivity contribution in [2.24, 2.45) is 22.7 Å². The standard InChI is InChI=1S/C15H22O3/c1-10(7-16)11-9-18-13-5-6-14(2,3)12(8-17)15(11,13)4/h7-10,12-13H,5-6H2,1-4H3/t10-,12+,13+,15-/m1/s1. The van der Waals surface area contributed by atoms with Crippen molar-refractivity contribution < 1.29 is 14.3 Å². The van der Waals surface area contributed by atoms with Gasteiger partial charge in [0.25, 0.3) is 0 Å². The Labute approximate surface area is 109 Å². The third-order valence-electron chi connectivity index (χ3n) is 5.02. The molecular formula is C15H22O3. The summed E-state index contributed by atoms with van der Waals surface area (Å²) in [7, 11) is 0. The molecule has 0 aromatic carbocycles. The molecule has 1 aliphatic heterocycles. The van der Waals surface area contributed by atoms with E-state index in [-0.39, 0.29) is 28.8 Å². The zero-order valence-corrected chi connectivity index (χ0v) is 11.6. The van der Waals surface area contributed by atoms with Crippen LogP contribution in [0, 0.1) is 22.7 Å². The first-order valence-electron chi connectivity index (χ1n) is 6.64. The molecule has 0 unspecified atom stereocenters. The lowest BCUT2D eigenvalue weighted by atomic mass is 9.53. The summed E-state index contributed by atoms with van der Waals surface area (Å²) in [4.78, 5) is 22.7. The van der Waals surface area contributed by atoms with Crippen molar-refractivity contribution in [1.29, 1.82) is 0 Å². The third kappa shape index (κ3) is 1.63. The summed E-state index contributed by atoms with van der Waals surface area (Å²) in [6.07, 6.45) is 5.69. The van der Waals surface area contributed by atoms with E-state index in [2.05, 4.69) is 20.8 Å². The number of hydrogen-bond acceptors (Lipinski definition) is 3. The molecule has 100 valence electrons. The van der Waals surface area contributed by atoms with Crippen molar-refractivity contribution in [3.63, 3.8) is 0 Å². The van der Waals surface area contributed by atoms with Crippen molar-refractivity contribution in [3.8, 4) is 0 Å². The molecule has 1 fully saturated rings.